The first kappa shape index (κ1) is 21.9. The van der Waals surface area contributed by atoms with Crippen molar-refractivity contribution in [1.82, 2.24) is 0 Å². The lowest BCUT2D eigenvalue weighted by molar-refractivity contribution is -0.164. The summed E-state index contributed by atoms with van der Waals surface area (Å²) in [6, 6.07) is 9.45. The summed E-state index contributed by atoms with van der Waals surface area (Å²) in [5, 5.41) is 0. The monoisotopic (exact) mass is 390 g/mol. The minimum atomic E-state index is -0.506. The highest BCUT2D eigenvalue weighted by molar-refractivity contribution is 5.82. The Morgan fingerprint density at radius 3 is 2.18 bits per heavy atom. The first-order chi connectivity index (χ1) is 13.6. The number of esters is 3. The molecule has 2 atom stereocenters. The summed E-state index contributed by atoms with van der Waals surface area (Å²) in [6.45, 7) is 2.58. The molecule has 0 N–H and O–H groups in total. The Kier molecular flexibility index (Phi) is 9.52. The van der Waals surface area contributed by atoms with Crippen LogP contribution in [-0.4, -0.2) is 31.1 Å². The molecule has 0 amide bonds. The summed E-state index contributed by atoms with van der Waals surface area (Å²) in [6.07, 6.45) is 4.79. The van der Waals surface area contributed by atoms with Gasteiger partial charge in [0.05, 0.1) is 24.9 Å². The molecule has 1 aromatic rings. The van der Waals surface area contributed by atoms with Gasteiger partial charge in [0.2, 0.25) is 0 Å². The first-order valence-corrected chi connectivity index (χ1v) is 10.1. The zero-order valence-corrected chi connectivity index (χ0v) is 16.6. The summed E-state index contributed by atoms with van der Waals surface area (Å²) >= 11 is 0. The highest BCUT2D eigenvalue weighted by atomic mass is 16.6. The molecule has 0 unspecified atom stereocenters. The number of carbonyl (C=O) groups excluding carboxylic acids is 3. The van der Waals surface area contributed by atoms with Crippen molar-refractivity contribution in [3.05, 3.63) is 35.9 Å². The van der Waals surface area contributed by atoms with Gasteiger partial charge in [-0.3, -0.25) is 14.4 Å². The molecule has 154 valence electrons. The lowest BCUT2D eigenvalue weighted by Gasteiger charge is -2.28. The number of hydrogen-bond acceptors (Lipinski definition) is 6. The van der Waals surface area contributed by atoms with Gasteiger partial charge in [0.15, 0.2) is 0 Å². The van der Waals surface area contributed by atoms with E-state index in [2.05, 4.69) is 0 Å². The fourth-order valence-corrected chi connectivity index (χ4v) is 3.28. The van der Waals surface area contributed by atoms with Crippen molar-refractivity contribution in [3.63, 3.8) is 0 Å². The molecule has 28 heavy (non-hydrogen) atoms. The second-order valence-corrected chi connectivity index (χ2v) is 7.08. The average molecular weight is 390 g/mol. The van der Waals surface area contributed by atoms with Gasteiger partial charge in [-0.1, -0.05) is 56.5 Å². The number of unbranched alkanes of at least 4 members (excludes halogenated alkanes) is 1. The molecule has 0 spiro atoms. The number of carbonyl (C=O) groups is 3. The third kappa shape index (κ3) is 7.33. The van der Waals surface area contributed by atoms with E-state index in [1.54, 1.807) is 0 Å². The predicted molar refractivity (Wildman–Crippen MR) is 103 cm³/mol. The Labute approximate surface area is 166 Å². The molecule has 0 heterocycles. The van der Waals surface area contributed by atoms with Crippen LogP contribution >= 0.6 is 0 Å². The molecule has 0 aliphatic heterocycles. The van der Waals surface area contributed by atoms with Crippen LogP contribution in [0.15, 0.2) is 30.3 Å². The largest absolute Gasteiger partial charge is 0.466 e. The maximum Gasteiger partial charge on any atom is 0.310 e. The molecule has 1 saturated carbocycles. The van der Waals surface area contributed by atoms with E-state index < -0.39 is 17.8 Å². The van der Waals surface area contributed by atoms with Crippen molar-refractivity contribution in [3.8, 4) is 0 Å². The Morgan fingerprint density at radius 2 is 1.54 bits per heavy atom. The molecule has 0 aromatic heterocycles. The lowest BCUT2D eigenvalue weighted by Crippen LogP contribution is -2.35. The molecule has 0 bridgehead atoms. The molecule has 1 fully saturated rings. The van der Waals surface area contributed by atoms with Crippen LogP contribution in [0.2, 0.25) is 0 Å². The van der Waals surface area contributed by atoms with Crippen molar-refractivity contribution in [2.24, 2.45) is 11.8 Å². The lowest BCUT2D eigenvalue weighted by atomic mass is 9.79. The zero-order valence-electron chi connectivity index (χ0n) is 16.6. The molecular formula is C22H30O6. The fourth-order valence-electron chi connectivity index (χ4n) is 3.28. The molecule has 1 aliphatic rings. The summed E-state index contributed by atoms with van der Waals surface area (Å²) < 4.78 is 15.7. The Bertz CT molecular complexity index is 627. The maximum absolute atomic E-state index is 12.5. The third-order valence-corrected chi connectivity index (χ3v) is 4.91. The van der Waals surface area contributed by atoms with Crippen LogP contribution in [0.3, 0.4) is 0 Å². The third-order valence-electron chi connectivity index (χ3n) is 4.91. The van der Waals surface area contributed by atoms with E-state index in [0.717, 1.165) is 31.2 Å². The smallest absolute Gasteiger partial charge is 0.310 e. The molecular weight excluding hydrogens is 360 g/mol. The molecule has 1 aliphatic carbocycles. The number of rotatable bonds is 10. The van der Waals surface area contributed by atoms with Crippen LogP contribution in [0.1, 0.15) is 57.4 Å². The van der Waals surface area contributed by atoms with Gasteiger partial charge in [-0.25, -0.2) is 0 Å². The summed E-state index contributed by atoms with van der Waals surface area (Å²) in [7, 11) is 0. The Balaban J connectivity index is 1.78. The number of benzene rings is 1. The molecule has 0 radical (unpaired) electrons. The quantitative estimate of drug-likeness (QED) is 0.343. The number of hydrogen-bond donors (Lipinski definition) is 0. The highest BCUT2D eigenvalue weighted by Gasteiger charge is 2.37. The maximum atomic E-state index is 12.5. The van der Waals surface area contributed by atoms with Gasteiger partial charge in [-0.2, -0.15) is 0 Å². The summed E-state index contributed by atoms with van der Waals surface area (Å²) in [4.78, 5) is 36.5. The van der Waals surface area contributed by atoms with Crippen molar-refractivity contribution in [2.45, 2.75) is 58.5 Å². The second-order valence-electron chi connectivity index (χ2n) is 7.08. The first-order valence-electron chi connectivity index (χ1n) is 10.1. The summed E-state index contributed by atoms with van der Waals surface area (Å²) in [5.74, 6) is -2.15. The molecule has 0 saturated heterocycles. The molecule has 2 rings (SSSR count). The van der Waals surface area contributed by atoms with Crippen LogP contribution in [0, 0.1) is 11.8 Å². The van der Waals surface area contributed by atoms with Gasteiger partial charge in [-0.15, -0.1) is 0 Å². The van der Waals surface area contributed by atoms with Gasteiger partial charge in [0.25, 0.3) is 0 Å². The Morgan fingerprint density at radius 1 is 0.893 bits per heavy atom. The van der Waals surface area contributed by atoms with Crippen LogP contribution in [-0.2, 0) is 35.2 Å². The number of ether oxygens (including phenoxy) is 3. The van der Waals surface area contributed by atoms with Crippen molar-refractivity contribution < 1.29 is 28.6 Å². The van der Waals surface area contributed by atoms with Gasteiger partial charge in [0, 0.05) is 0 Å². The zero-order chi connectivity index (χ0) is 20.2. The Hall–Kier alpha value is -2.37. The average Bonchev–Trinajstić information content (AvgIpc) is 2.73. The van der Waals surface area contributed by atoms with E-state index in [1.807, 2.05) is 37.3 Å². The van der Waals surface area contributed by atoms with Gasteiger partial charge >= 0.3 is 17.9 Å². The van der Waals surface area contributed by atoms with Crippen molar-refractivity contribution >= 4 is 17.9 Å². The van der Waals surface area contributed by atoms with Crippen LogP contribution < -0.4 is 0 Å². The van der Waals surface area contributed by atoms with E-state index in [9.17, 15) is 14.4 Å². The van der Waals surface area contributed by atoms with Crippen LogP contribution in [0.4, 0.5) is 0 Å². The van der Waals surface area contributed by atoms with Gasteiger partial charge in [-0.05, 0) is 24.8 Å². The highest BCUT2D eigenvalue weighted by Crippen LogP contribution is 2.32. The normalized spacial score (nSPS) is 18.9. The summed E-state index contributed by atoms with van der Waals surface area (Å²) in [5.41, 5.74) is 0.910. The van der Waals surface area contributed by atoms with Crippen molar-refractivity contribution in [2.75, 3.05) is 13.2 Å². The molecule has 6 nitrogen and oxygen atoms in total. The fraction of sp³-hybridized carbons (Fsp3) is 0.591. The minimum absolute atomic E-state index is 0.0218. The van der Waals surface area contributed by atoms with E-state index >= 15 is 0 Å². The SMILES string of the molecule is CCCCOC(=O)CCOC(=O)[C@@H]1CCCC[C@@H]1C(=O)OCc1ccccc1. The second kappa shape index (κ2) is 12.2. The van der Waals surface area contributed by atoms with E-state index in [-0.39, 0.29) is 31.6 Å². The predicted octanol–water partition coefficient (Wildman–Crippen LogP) is 3.81. The minimum Gasteiger partial charge on any atom is -0.466 e. The van der Waals surface area contributed by atoms with E-state index in [4.69, 9.17) is 14.2 Å². The van der Waals surface area contributed by atoms with Gasteiger partial charge in [0.1, 0.15) is 13.2 Å². The van der Waals surface area contributed by atoms with Crippen LogP contribution in [0.5, 0.6) is 0 Å². The van der Waals surface area contributed by atoms with Crippen molar-refractivity contribution in [1.29, 1.82) is 0 Å². The molecule has 1 aromatic carbocycles. The molecule has 6 heteroatoms. The van der Waals surface area contributed by atoms with E-state index in [1.165, 1.54) is 0 Å². The van der Waals surface area contributed by atoms with E-state index in [0.29, 0.717) is 19.4 Å². The van der Waals surface area contributed by atoms with Gasteiger partial charge < -0.3 is 14.2 Å². The standard InChI is InChI=1S/C22H30O6/c1-2-3-14-26-20(23)13-15-27-21(24)18-11-7-8-12-19(18)22(25)28-16-17-9-5-4-6-10-17/h4-6,9-10,18-19H,2-3,7-8,11-16H2,1H3/t18-,19+/m1/s1. The van der Waals surface area contributed by atoms with Crippen LogP contribution in [0.25, 0.3) is 0 Å². The topological polar surface area (TPSA) is 78.9 Å².